The minimum Gasteiger partial charge on any atom is -0.311 e. The third kappa shape index (κ3) is 8.97. The lowest BCUT2D eigenvalue weighted by molar-refractivity contribution is 0.229. The van der Waals surface area contributed by atoms with Gasteiger partial charge in [-0.25, -0.2) is 0 Å². The second-order valence-corrected chi connectivity index (χ2v) is 23.7. The molecule has 368 valence electrons. The molecule has 0 N–H and O–H groups in total. The maximum absolute atomic E-state index is 2.49. The zero-order valence-electron chi connectivity index (χ0n) is 44.7. The van der Waals surface area contributed by atoms with Crippen LogP contribution in [-0.4, -0.2) is 4.57 Å². The van der Waals surface area contributed by atoms with Crippen LogP contribution in [0, 0.1) is 10.8 Å². The molecule has 1 unspecified atom stereocenters. The predicted molar refractivity (Wildman–Crippen MR) is 321 cm³/mol. The summed E-state index contributed by atoms with van der Waals surface area (Å²) >= 11 is 0. The first-order valence-electron chi connectivity index (χ1n) is 26.8. The molecular weight excluding hydrogens is 905 g/mol. The fraction of sp³-hybridized carbons (Fsp3) is 0.178. The number of benzene rings is 10. The predicted octanol–water partition coefficient (Wildman–Crippen LogP) is 20.8. The van der Waals surface area contributed by atoms with E-state index in [2.05, 4.69) is 301 Å². The summed E-state index contributed by atoms with van der Waals surface area (Å²) in [6, 6.07) is 87.9. The van der Waals surface area contributed by atoms with E-state index in [4.69, 9.17) is 0 Å². The SMILES string of the molecule is CC(C)(C)CC(c1ccc(-c2ccc(-c3ccc4c(c3)c3cc(-c5ccc(N(c6ccccc6)c6ccc(-c7ccccc7)cc6)cc5)ccc3n4-c3ccc4c(c3)C(C)(C)c3ccccc3-4)cc2)cc1)C(C)(C)C. The molecule has 0 saturated carbocycles. The maximum Gasteiger partial charge on any atom is 0.0541 e. The van der Waals surface area contributed by atoms with Crippen LogP contribution in [-0.2, 0) is 5.41 Å². The van der Waals surface area contributed by atoms with Crippen LogP contribution in [0.3, 0.4) is 0 Å². The lowest BCUT2D eigenvalue weighted by atomic mass is 9.69. The monoisotopic (exact) mass is 971 g/mol. The van der Waals surface area contributed by atoms with Gasteiger partial charge in [-0.05, 0) is 168 Å². The van der Waals surface area contributed by atoms with E-state index in [-0.39, 0.29) is 16.2 Å². The van der Waals surface area contributed by atoms with Crippen LogP contribution in [0.15, 0.2) is 237 Å². The molecule has 1 heterocycles. The van der Waals surface area contributed by atoms with Gasteiger partial charge in [0.1, 0.15) is 0 Å². The molecule has 1 aliphatic carbocycles. The van der Waals surface area contributed by atoms with Crippen LogP contribution in [0.2, 0.25) is 0 Å². The van der Waals surface area contributed by atoms with E-state index in [0.29, 0.717) is 5.92 Å². The summed E-state index contributed by atoms with van der Waals surface area (Å²) in [6.07, 6.45) is 1.16. The molecule has 12 rings (SSSR count). The molecule has 11 aromatic rings. The summed E-state index contributed by atoms with van der Waals surface area (Å²) in [6.45, 7) is 18.9. The van der Waals surface area contributed by atoms with E-state index in [1.807, 2.05) is 0 Å². The molecule has 75 heavy (non-hydrogen) atoms. The Labute approximate surface area is 444 Å². The van der Waals surface area contributed by atoms with Crippen molar-refractivity contribution in [2.45, 2.75) is 73.1 Å². The lowest BCUT2D eigenvalue weighted by Gasteiger charge is -2.36. The Bertz CT molecular complexity index is 3840. The summed E-state index contributed by atoms with van der Waals surface area (Å²) < 4.78 is 2.49. The van der Waals surface area contributed by atoms with Gasteiger partial charge in [-0.1, -0.05) is 219 Å². The minimum atomic E-state index is -0.107. The number of para-hydroxylation sites is 1. The van der Waals surface area contributed by atoms with Gasteiger partial charge in [0.05, 0.1) is 11.0 Å². The molecule has 10 aromatic carbocycles. The Morgan fingerprint density at radius 3 is 1.32 bits per heavy atom. The van der Waals surface area contributed by atoms with Gasteiger partial charge in [-0.2, -0.15) is 0 Å². The fourth-order valence-corrected chi connectivity index (χ4v) is 12.1. The van der Waals surface area contributed by atoms with Crippen molar-refractivity contribution >= 4 is 38.9 Å². The minimum absolute atomic E-state index is 0.107. The van der Waals surface area contributed by atoms with Crippen molar-refractivity contribution < 1.29 is 0 Å². The molecule has 1 aromatic heterocycles. The van der Waals surface area contributed by atoms with Crippen LogP contribution in [0.25, 0.3) is 83.1 Å². The van der Waals surface area contributed by atoms with Crippen molar-refractivity contribution in [1.29, 1.82) is 0 Å². The molecular formula is C73H66N2. The Kier molecular flexibility index (Phi) is 11.9. The molecule has 0 aliphatic heterocycles. The highest BCUT2D eigenvalue weighted by Crippen LogP contribution is 2.50. The van der Waals surface area contributed by atoms with Gasteiger partial charge in [-0.15, -0.1) is 0 Å². The van der Waals surface area contributed by atoms with E-state index in [1.54, 1.807) is 0 Å². The smallest absolute Gasteiger partial charge is 0.0541 e. The van der Waals surface area contributed by atoms with Crippen LogP contribution in [0.4, 0.5) is 17.1 Å². The van der Waals surface area contributed by atoms with Crippen molar-refractivity contribution in [3.05, 3.63) is 253 Å². The van der Waals surface area contributed by atoms with Gasteiger partial charge in [0.2, 0.25) is 0 Å². The largest absolute Gasteiger partial charge is 0.311 e. The fourth-order valence-electron chi connectivity index (χ4n) is 12.1. The molecule has 0 amide bonds. The van der Waals surface area contributed by atoms with Gasteiger partial charge in [0.15, 0.2) is 0 Å². The number of fused-ring (bicyclic) bond motifs is 6. The van der Waals surface area contributed by atoms with E-state index < -0.39 is 0 Å². The third-order valence-corrected chi connectivity index (χ3v) is 16.0. The van der Waals surface area contributed by atoms with Gasteiger partial charge < -0.3 is 9.47 Å². The average Bonchev–Trinajstić information content (AvgIpc) is 3.89. The molecule has 1 atom stereocenters. The summed E-state index contributed by atoms with van der Waals surface area (Å²) in [4.78, 5) is 2.34. The second-order valence-electron chi connectivity index (χ2n) is 23.7. The zero-order chi connectivity index (χ0) is 51.6. The summed E-state index contributed by atoms with van der Waals surface area (Å²) in [5, 5.41) is 2.47. The van der Waals surface area contributed by atoms with Crippen molar-refractivity contribution in [1.82, 2.24) is 4.57 Å². The van der Waals surface area contributed by atoms with Crippen molar-refractivity contribution in [2.75, 3.05) is 4.90 Å². The normalized spacial score (nSPS) is 13.4. The van der Waals surface area contributed by atoms with E-state index in [1.165, 1.54) is 99.8 Å². The molecule has 0 fully saturated rings. The average molecular weight is 971 g/mol. The van der Waals surface area contributed by atoms with Crippen molar-refractivity contribution in [2.24, 2.45) is 10.8 Å². The van der Waals surface area contributed by atoms with Gasteiger partial charge >= 0.3 is 0 Å². The van der Waals surface area contributed by atoms with Crippen LogP contribution in [0.5, 0.6) is 0 Å². The summed E-state index contributed by atoms with van der Waals surface area (Å²) in [5.41, 5.74) is 23.8. The van der Waals surface area contributed by atoms with Crippen molar-refractivity contribution in [3.8, 4) is 61.3 Å². The standard InChI is InChI=1S/C73H66N2/c1-71(2,3)48-68(72(4,5)6)55-29-27-51(28-30-55)50-23-25-53(26-24-50)56-35-43-69-64(45-56)65-46-57(36-44-70(65)75(69)61-41-42-63-62-21-15-16-22-66(62)73(7,8)67(63)47-61)54-33-39-60(40-34-54)74(58-19-13-10-14-20-58)59-37-31-52(32-38-59)49-17-11-9-12-18-49/h9-47,68H,48H2,1-8H3. The quantitative estimate of drug-likeness (QED) is 0.133. The number of anilines is 3. The van der Waals surface area contributed by atoms with E-state index in [0.717, 1.165) is 23.5 Å². The number of hydrogen-bond acceptors (Lipinski definition) is 1. The molecule has 0 saturated heterocycles. The van der Waals surface area contributed by atoms with Gasteiger partial charge in [-0.3, -0.25) is 0 Å². The molecule has 0 radical (unpaired) electrons. The Balaban J connectivity index is 0.922. The molecule has 2 heteroatoms. The Hall–Kier alpha value is -8.20. The van der Waals surface area contributed by atoms with Crippen LogP contribution >= 0.6 is 0 Å². The maximum atomic E-state index is 2.49. The lowest BCUT2D eigenvalue weighted by Crippen LogP contribution is -2.23. The first kappa shape index (κ1) is 47.8. The highest BCUT2D eigenvalue weighted by atomic mass is 15.1. The molecule has 0 spiro atoms. The Morgan fingerprint density at radius 2 is 0.800 bits per heavy atom. The van der Waals surface area contributed by atoms with E-state index in [9.17, 15) is 0 Å². The van der Waals surface area contributed by atoms with Gasteiger partial charge in [0.25, 0.3) is 0 Å². The highest BCUT2D eigenvalue weighted by Gasteiger charge is 2.36. The Morgan fingerprint density at radius 1 is 0.387 bits per heavy atom. The van der Waals surface area contributed by atoms with Crippen molar-refractivity contribution in [3.63, 3.8) is 0 Å². The molecule has 1 aliphatic rings. The first-order chi connectivity index (χ1) is 36.2. The highest BCUT2D eigenvalue weighted by molar-refractivity contribution is 6.12. The third-order valence-electron chi connectivity index (χ3n) is 16.0. The number of hydrogen-bond donors (Lipinski definition) is 0. The van der Waals surface area contributed by atoms with Crippen LogP contribution < -0.4 is 4.90 Å². The second kappa shape index (κ2) is 18.6. The zero-order valence-corrected chi connectivity index (χ0v) is 44.7. The summed E-state index contributed by atoms with van der Waals surface area (Å²) in [5.74, 6) is 0.490. The number of nitrogens with zero attached hydrogens (tertiary/aromatic N) is 2. The van der Waals surface area contributed by atoms with E-state index >= 15 is 0 Å². The number of aromatic nitrogens is 1. The summed E-state index contributed by atoms with van der Waals surface area (Å²) in [7, 11) is 0. The first-order valence-corrected chi connectivity index (χ1v) is 26.8. The molecule has 2 nitrogen and oxygen atoms in total. The van der Waals surface area contributed by atoms with Gasteiger partial charge in [0, 0.05) is 38.9 Å². The van der Waals surface area contributed by atoms with Crippen LogP contribution in [0.1, 0.15) is 84.4 Å². The molecule has 0 bridgehead atoms. The topological polar surface area (TPSA) is 8.17 Å². The number of rotatable bonds is 10.